The molecule has 36 heavy (non-hydrogen) atoms. The summed E-state index contributed by atoms with van der Waals surface area (Å²) in [6.07, 6.45) is 2.66. The molecule has 1 aromatic heterocycles. The second-order valence-corrected chi connectivity index (χ2v) is 10.1. The number of thiazole rings is 1. The molecular formula is C27H27BrN2O5S. The SMILES string of the molecule is CCCOc1ccccc1[C@@H]1C(C(=O)OCCOC)=C(C)N=c2s/c(=C/c3ccc(Br)cc3)c(=O)n21. The Labute approximate surface area is 221 Å². The van der Waals surface area contributed by atoms with E-state index in [1.807, 2.05) is 61.5 Å². The maximum atomic E-state index is 13.8. The molecule has 0 aliphatic carbocycles. The molecular weight excluding hydrogens is 544 g/mol. The van der Waals surface area contributed by atoms with Gasteiger partial charge in [0.25, 0.3) is 5.56 Å². The summed E-state index contributed by atoms with van der Waals surface area (Å²) >= 11 is 4.73. The number of benzene rings is 2. The van der Waals surface area contributed by atoms with Gasteiger partial charge in [0.15, 0.2) is 4.80 Å². The molecule has 0 spiro atoms. The molecule has 7 nitrogen and oxygen atoms in total. The summed E-state index contributed by atoms with van der Waals surface area (Å²) in [4.78, 5) is 32.2. The van der Waals surface area contributed by atoms with E-state index in [0.717, 1.165) is 16.5 Å². The third kappa shape index (κ3) is 5.53. The molecule has 0 unspecified atom stereocenters. The largest absolute Gasteiger partial charge is 0.493 e. The highest BCUT2D eigenvalue weighted by Gasteiger charge is 2.35. The number of ether oxygens (including phenoxy) is 3. The molecule has 1 aliphatic heterocycles. The van der Waals surface area contributed by atoms with Crippen molar-refractivity contribution in [3.05, 3.63) is 95.1 Å². The predicted octanol–water partition coefficient (Wildman–Crippen LogP) is 3.98. The first-order valence-corrected chi connectivity index (χ1v) is 13.2. The molecule has 0 saturated heterocycles. The monoisotopic (exact) mass is 570 g/mol. The summed E-state index contributed by atoms with van der Waals surface area (Å²) < 4.78 is 19.6. The molecule has 188 valence electrons. The van der Waals surface area contributed by atoms with Crippen molar-refractivity contribution in [3.8, 4) is 5.75 Å². The molecule has 0 fully saturated rings. The van der Waals surface area contributed by atoms with Crippen LogP contribution in [0.3, 0.4) is 0 Å². The van der Waals surface area contributed by atoms with Crippen molar-refractivity contribution in [1.82, 2.24) is 4.57 Å². The second kappa shape index (κ2) is 11.8. The molecule has 2 heterocycles. The van der Waals surface area contributed by atoms with Gasteiger partial charge in [0.1, 0.15) is 18.4 Å². The van der Waals surface area contributed by atoms with E-state index in [-0.39, 0.29) is 18.8 Å². The van der Waals surface area contributed by atoms with Gasteiger partial charge in [-0.2, -0.15) is 0 Å². The van der Waals surface area contributed by atoms with Crippen LogP contribution in [0.25, 0.3) is 6.08 Å². The van der Waals surface area contributed by atoms with Crippen molar-refractivity contribution in [1.29, 1.82) is 0 Å². The smallest absolute Gasteiger partial charge is 0.338 e. The lowest BCUT2D eigenvalue weighted by Crippen LogP contribution is -2.40. The van der Waals surface area contributed by atoms with E-state index in [4.69, 9.17) is 14.2 Å². The Morgan fingerprint density at radius 1 is 1.14 bits per heavy atom. The number of para-hydroxylation sites is 1. The van der Waals surface area contributed by atoms with Crippen LogP contribution in [0.2, 0.25) is 0 Å². The van der Waals surface area contributed by atoms with Crippen molar-refractivity contribution in [3.63, 3.8) is 0 Å². The summed E-state index contributed by atoms with van der Waals surface area (Å²) in [5.41, 5.74) is 2.17. The fourth-order valence-corrected chi connectivity index (χ4v) is 5.24. The van der Waals surface area contributed by atoms with E-state index in [9.17, 15) is 9.59 Å². The third-order valence-corrected chi connectivity index (χ3v) is 7.12. The van der Waals surface area contributed by atoms with Gasteiger partial charge in [0.2, 0.25) is 0 Å². The van der Waals surface area contributed by atoms with Crippen LogP contribution in [-0.4, -0.2) is 37.5 Å². The lowest BCUT2D eigenvalue weighted by atomic mass is 9.95. The Hall–Kier alpha value is -3.01. The fraction of sp³-hybridized carbons (Fsp3) is 0.296. The summed E-state index contributed by atoms with van der Waals surface area (Å²) in [6, 6.07) is 14.4. The summed E-state index contributed by atoms with van der Waals surface area (Å²) in [7, 11) is 1.54. The normalized spacial score (nSPS) is 15.4. The van der Waals surface area contributed by atoms with E-state index < -0.39 is 12.0 Å². The van der Waals surface area contributed by atoms with Crippen LogP contribution in [0.5, 0.6) is 5.75 Å². The van der Waals surface area contributed by atoms with E-state index in [0.29, 0.717) is 38.5 Å². The maximum absolute atomic E-state index is 13.8. The quantitative estimate of drug-likeness (QED) is 0.287. The molecule has 0 N–H and O–H groups in total. The molecule has 2 aromatic carbocycles. The first-order valence-electron chi connectivity index (χ1n) is 11.6. The molecule has 3 aromatic rings. The van der Waals surface area contributed by atoms with Gasteiger partial charge < -0.3 is 14.2 Å². The average molecular weight is 571 g/mol. The molecule has 0 saturated carbocycles. The Kier molecular flexibility index (Phi) is 8.56. The van der Waals surface area contributed by atoms with Crippen LogP contribution >= 0.6 is 27.3 Å². The minimum atomic E-state index is -0.739. The molecule has 0 radical (unpaired) electrons. The first kappa shape index (κ1) is 26.1. The number of carbonyl (C=O) groups is 1. The summed E-state index contributed by atoms with van der Waals surface area (Å²) in [6.45, 7) is 4.67. The van der Waals surface area contributed by atoms with Crippen molar-refractivity contribution < 1.29 is 19.0 Å². The van der Waals surface area contributed by atoms with Crippen molar-refractivity contribution in [2.75, 3.05) is 26.9 Å². The summed E-state index contributed by atoms with van der Waals surface area (Å²) in [5, 5.41) is 0. The number of rotatable bonds is 9. The zero-order valence-electron chi connectivity index (χ0n) is 20.3. The van der Waals surface area contributed by atoms with Crippen LogP contribution in [0, 0.1) is 0 Å². The molecule has 1 aliphatic rings. The van der Waals surface area contributed by atoms with Gasteiger partial charge in [-0.15, -0.1) is 0 Å². The lowest BCUT2D eigenvalue weighted by molar-refractivity contribution is -0.140. The molecule has 0 bridgehead atoms. The zero-order valence-corrected chi connectivity index (χ0v) is 22.7. The van der Waals surface area contributed by atoms with Gasteiger partial charge >= 0.3 is 5.97 Å². The topological polar surface area (TPSA) is 79.1 Å². The minimum Gasteiger partial charge on any atom is -0.493 e. The zero-order chi connectivity index (χ0) is 25.7. The van der Waals surface area contributed by atoms with E-state index in [2.05, 4.69) is 20.9 Å². The lowest BCUT2D eigenvalue weighted by Gasteiger charge is -2.26. The first-order chi connectivity index (χ1) is 17.4. The minimum absolute atomic E-state index is 0.0980. The number of aromatic nitrogens is 1. The Morgan fingerprint density at radius 2 is 1.89 bits per heavy atom. The summed E-state index contributed by atoms with van der Waals surface area (Å²) in [5.74, 6) is 0.0783. The van der Waals surface area contributed by atoms with Crippen LogP contribution in [0.1, 0.15) is 37.4 Å². The highest BCUT2D eigenvalue weighted by Crippen LogP contribution is 2.35. The van der Waals surface area contributed by atoms with E-state index >= 15 is 0 Å². The fourth-order valence-electron chi connectivity index (χ4n) is 3.93. The van der Waals surface area contributed by atoms with Gasteiger partial charge in [-0.05, 0) is 43.2 Å². The van der Waals surface area contributed by atoms with E-state index in [1.165, 1.54) is 11.3 Å². The van der Waals surface area contributed by atoms with Crippen LogP contribution in [0.4, 0.5) is 0 Å². The number of halogens is 1. The average Bonchev–Trinajstić information content (AvgIpc) is 3.17. The highest BCUT2D eigenvalue weighted by atomic mass is 79.9. The third-order valence-electron chi connectivity index (χ3n) is 5.61. The highest BCUT2D eigenvalue weighted by molar-refractivity contribution is 9.10. The molecule has 9 heteroatoms. The van der Waals surface area contributed by atoms with Crippen LogP contribution < -0.4 is 19.6 Å². The van der Waals surface area contributed by atoms with Crippen LogP contribution in [0.15, 0.2) is 74.1 Å². The Bertz CT molecular complexity index is 1460. The van der Waals surface area contributed by atoms with Gasteiger partial charge in [0.05, 0.1) is 29.0 Å². The maximum Gasteiger partial charge on any atom is 0.338 e. The number of hydrogen-bond donors (Lipinski definition) is 0. The van der Waals surface area contributed by atoms with Gasteiger partial charge in [-0.25, -0.2) is 9.79 Å². The van der Waals surface area contributed by atoms with Gasteiger partial charge in [-0.1, -0.05) is 64.5 Å². The second-order valence-electron chi connectivity index (χ2n) is 8.15. The number of esters is 1. The molecule has 1 atom stereocenters. The Morgan fingerprint density at radius 3 is 2.61 bits per heavy atom. The number of carbonyl (C=O) groups excluding carboxylic acids is 1. The molecule has 4 rings (SSSR count). The van der Waals surface area contributed by atoms with Crippen molar-refractivity contribution >= 4 is 39.3 Å². The number of methoxy groups -OCH3 is 1. The number of fused-ring (bicyclic) bond motifs is 1. The number of allylic oxidation sites excluding steroid dienone is 1. The predicted molar refractivity (Wildman–Crippen MR) is 143 cm³/mol. The van der Waals surface area contributed by atoms with Gasteiger partial charge in [0, 0.05) is 17.1 Å². The van der Waals surface area contributed by atoms with Gasteiger partial charge in [-0.3, -0.25) is 9.36 Å². The number of nitrogens with zero attached hydrogens (tertiary/aromatic N) is 2. The van der Waals surface area contributed by atoms with Crippen molar-refractivity contribution in [2.45, 2.75) is 26.3 Å². The van der Waals surface area contributed by atoms with Crippen LogP contribution in [-0.2, 0) is 14.3 Å². The van der Waals surface area contributed by atoms with E-state index in [1.54, 1.807) is 18.6 Å². The number of hydrogen-bond acceptors (Lipinski definition) is 7. The standard InChI is InChI=1S/C27H27BrN2O5S/c1-4-13-34-21-8-6-5-7-20(21)24-23(26(32)35-15-14-33-3)17(2)29-27-30(24)25(31)22(36-27)16-18-9-11-19(28)12-10-18/h5-12,16,24H,4,13-15H2,1-3H3/b22-16+/t24-/m1/s1. The Balaban J connectivity index is 1.90. The van der Waals surface area contributed by atoms with Crippen molar-refractivity contribution in [2.24, 2.45) is 4.99 Å². The molecule has 0 amide bonds.